The van der Waals surface area contributed by atoms with Crippen molar-refractivity contribution in [1.82, 2.24) is 5.32 Å². The standard InChI is InChI=1S/C16H24F3NO/c1-11(2)5-6-12(3)20-13(4)14-7-9-15(10-8-14)21-16(17,18)19/h7-13,20H,5-6H2,1-4H3. The summed E-state index contributed by atoms with van der Waals surface area (Å²) in [6, 6.07) is 6.47. The van der Waals surface area contributed by atoms with Crippen LogP contribution in [-0.4, -0.2) is 12.4 Å². The maximum atomic E-state index is 12.1. The van der Waals surface area contributed by atoms with Crippen LogP contribution in [0, 0.1) is 5.92 Å². The SMILES string of the molecule is CC(C)CCC(C)NC(C)c1ccc(OC(F)(F)F)cc1. The van der Waals surface area contributed by atoms with Gasteiger partial charge in [-0.05, 0) is 50.3 Å². The normalized spacial score (nSPS) is 15.0. The molecule has 1 aromatic carbocycles. The van der Waals surface area contributed by atoms with Gasteiger partial charge in [0.05, 0.1) is 0 Å². The summed E-state index contributed by atoms with van der Waals surface area (Å²) < 4.78 is 40.1. The molecular formula is C16H24F3NO. The highest BCUT2D eigenvalue weighted by Gasteiger charge is 2.31. The van der Waals surface area contributed by atoms with Gasteiger partial charge in [0, 0.05) is 12.1 Å². The van der Waals surface area contributed by atoms with Crippen molar-refractivity contribution >= 4 is 0 Å². The number of rotatable bonds is 7. The van der Waals surface area contributed by atoms with Gasteiger partial charge < -0.3 is 10.1 Å². The number of halogens is 3. The molecule has 0 spiro atoms. The second-order valence-corrected chi connectivity index (χ2v) is 5.88. The Hall–Kier alpha value is -1.23. The minimum Gasteiger partial charge on any atom is -0.406 e. The Labute approximate surface area is 124 Å². The molecule has 120 valence electrons. The van der Waals surface area contributed by atoms with E-state index >= 15 is 0 Å². The first-order chi connectivity index (χ1) is 9.67. The summed E-state index contributed by atoms with van der Waals surface area (Å²) in [6.45, 7) is 8.51. The van der Waals surface area contributed by atoms with Crippen molar-refractivity contribution < 1.29 is 17.9 Å². The molecule has 1 rings (SSSR count). The molecule has 5 heteroatoms. The molecule has 0 radical (unpaired) electrons. The zero-order valence-corrected chi connectivity index (χ0v) is 13.0. The van der Waals surface area contributed by atoms with E-state index in [0.29, 0.717) is 12.0 Å². The van der Waals surface area contributed by atoms with Gasteiger partial charge in [-0.2, -0.15) is 0 Å². The molecule has 2 atom stereocenters. The van der Waals surface area contributed by atoms with E-state index in [0.717, 1.165) is 18.4 Å². The highest BCUT2D eigenvalue weighted by atomic mass is 19.4. The molecular weight excluding hydrogens is 279 g/mol. The Morgan fingerprint density at radius 3 is 2.05 bits per heavy atom. The molecule has 0 aromatic heterocycles. The second kappa shape index (κ2) is 7.69. The third-order valence-corrected chi connectivity index (χ3v) is 3.33. The predicted molar refractivity (Wildman–Crippen MR) is 78.2 cm³/mol. The molecule has 0 fully saturated rings. The summed E-state index contributed by atoms with van der Waals surface area (Å²) in [6.07, 6.45) is -2.41. The van der Waals surface area contributed by atoms with Gasteiger partial charge in [-0.1, -0.05) is 26.0 Å². The molecule has 0 saturated carbocycles. The van der Waals surface area contributed by atoms with Gasteiger partial charge in [-0.3, -0.25) is 0 Å². The fraction of sp³-hybridized carbons (Fsp3) is 0.625. The van der Waals surface area contributed by atoms with Gasteiger partial charge in [-0.15, -0.1) is 13.2 Å². The summed E-state index contributed by atoms with van der Waals surface area (Å²) in [5, 5.41) is 3.46. The van der Waals surface area contributed by atoms with Crippen LogP contribution in [0.25, 0.3) is 0 Å². The molecule has 2 unspecified atom stereocenters. The van der Waals surface area contributed by atoms with Gasteiger partial charge in [-0.25, -0.2) is 0 Å². The lowest BCUT2D eigenvalue weighted by atomic mass is 10.0. The van der Waals surface area contributed by atoms with Crippen LogP contribution in [0.2, 0.25) is 0 Å². The maximum Gasteiger partial charge on any atom is 0.573 e. The fourth-order valence-corrected chi connectivity index (χ4v) is 2.15. The molecule has 0 bridgehead atoms. The van der Waals surface area contributed by atoms with Crippen LogP contribution in [0.3, 0.4) is 0 Å². The second-order valence-electron chi connectivity index (χ2n) is 5.88. The number of hydrogen-bond donors (Lipinski definition) is 1. The molecule has 0 amide bonds. The quantitative estimate of drug-likeness (QED) is 0.760. The lowest BCUT2D eigenvalue weighted by Crippen LogP contribution is -2.29. The van der Waals surface area contributed by atoms with Gasteiger partial charge >= 0.3 is 6.36 Å². The van der Waals surface area contributed by atoms with E-state index in [2.05, 4.69) is 30.8 Å². The molecule has 0 aliphatic carbocycles. The topological polar surface area (TPSA) is 21.3 Å². The van der Waals surface area contributed by atoms with Crippen molar-refractivity contribution in [3.63, 3.8) is 0 Å². The monoisotopic (exact) mass is 303 g/mol. The average Bonchev–Trinajstić information content (AvgIpc) is 2.35. The first-order valence-corrected chi connectivity index (χ1v) is 7.29. The summed E-state index contributed by atoms with van der Waals surface area (Å²) in [5.74, 6) is 0.481. The first kappa shape index (κ1) is 17.8. The van der Waals surface area contributed by atoms with Gasteiger partial charge in [0.2, 0.25) is 0 Å². The molecule has 1 aromatic rings. The van der Waals surface area contributed by atoms with Crippen LogP contribution in [0.4, 0.5) is 13.2 Å². The largest absolute Gasteiger partial charge is 0.573 e. The van der Waals surface area contributed by atoms with Crippen LogP contribution < -0.4 is 10.1 Å². The van der Waals surface area contributed by atoms with Crippen molar-refractivity contribution in [2.24, 2.45) is 5.92 Å². The number of alkyl halides is 3. The van der Waals surface area contributed by atoms with Gasteiger partial charge in [0.15, 0.2) is 0 Å². The van der Waals surface area contributed by atoms with E-state index in [1.807, 2.05) is 6.92 Å². The molecule has 0 aliphatic heterocycles. The van der Waals surface area contributed by atoms with E-state index in [1.54, 1.807) is 12.1 Å². The summed E-state index contributed by atoms with van der Waals surface area (Å²) in [7, 11) is 0. The predicted octanol–water partition coefficient (Wildman–Crippen LogP) is 5.06. The van der Waals surface area contributed by atoms with Crippen molar-refractivity contribution in [2.75, 3.05) is 0 Å². The molecule has 0 heterocycles. The van der Waals surface area contributed by atoms with Crippen LogP contribution in [0.15, 0.2) is 24.3 Å². The van der Waals surface area contributed by atoms with E-state index < -0.39 is 6.36 Å². The summed E-state index contributed by atoms with van der Waals surface area (Å²) >= 11 is 0. The fourth-order valence-electron chi connectivity index (χ4n) is 2.15. The van der Waals surface area contributed by atoms with E-state index in [1.165, 1.54) is 12.1 Å². The van der Waals surface area contributed by atoms with Gasteiger partial charge in [0.1, 0.15) is 5.75 Å². The van der Waals surface area contributed by atoms with Crippen LogP contribution >= 0.6 is 0 Å². The summed E-state index contributed by atoms with van der Waals surface area (Å²) in [5.41, 5.74) is 0.945. The first-order valence-electron chi connectivity index (χ1n) is 7.29. The Morgan fingerprint density at radius 1 is 1.00 bits per heavy atom. The Kier molecular flexibility index (Phi) is 6.52. The van der Waals surface area contributed by atoms with E-state index in [4.69, 9.17) is 0 Å². The van der Waals surface area contributed by atoms with Crippen LogP contribution in [0.5, 0.6) is 5.75 Å². The van der Waals surface area contributed by atoms with Crippen LogP contribution in [0.1, 0.15) is 52.1 Å². The van der Waals surface area contributed by atoms with Crippen molar-refractivity contribution in [1.29, 1.82) is 0 Å². The number of hydrogen-bond acceptors (Lipinski definition) is 2. The third-order valence-electron chi connectivity index (χ3n) is 3.33. The number of benzene rings is 1. The highest BCUT2D eigenvalue weighted by molar-refractivity contribution is 5.29. The van der Waals surface area contributed by atoms with Crippen molar-refractivity contribution in [3.8, 4) is 5.75 Å². The Balaban J connectivity index is 2.53. The Morgan fingerprint density at radius 2 is 1.57 bits per heavy atom. The van der Waals surface area contributed by atoms with Crippen molar-refractivity contribution in [3.05, 3.63) is 29.8 Å². The third kappa shape index (κ3) is 7.37. The lowest BCUT2D eigenvalue weighted by Gasteiger charge is -2.21. The maximum absolute atomic E-state index is 12.1. The van der Waals surface area contributed by atoms with Gasteiger partial charge in [0.25, 0.3) is 0 Å². The minimum atomic E-state index is -4.64. The number of ether oxygens (including phenoxy) is 1. The minimum absolute atomic E-state index is 0.0899. The highest BCUT2D eigenvalue weighted by Crippen LogP contribution is 2.24. The molecule has 2 nitrogen and oxygen atoms in total. The molecule has 0 saturated heterocycles. The molecule has 21 heavy (non-hydrogen) atoms. The van der Waals surface area contributed by atoms with Crippen LogP contribution in [-0.2, 0) is 0 Å². The number of nitrogens with one attached hydrogen (secondary N) is 1. The zero-order valence-electron chi connectivity index (χ0n) is 13.0. The summed E-state index contributed by atoms with van der Waals surface area (Å²) in [4.78, 5) is 0. The average molecular weight is 303 g/mol. The zero-order chi connectivity index (χ0) is 16.0. The lowest BCUT2D eigenvalue weighted by molar-refractivity contribution is -0.274. The van der Waals surface area contributed by atoms with Crippen molar-refractivity contribution in [2.45, 2.75) is 59.0 Å². The Bertz CT molecular complexity index is 415. The molecule has 1 N–H and O–H groups in total. The molecule has 0 aliphatic rings. The smallest absolute Gasteiger partial charge is 0.406 e. The van der Waals surface area contributed by atoms with E-state index in [9.17, 15) is 13.2 Å². The van der Waals surface area contributed by atoms with E-state index in [-0.39, 0.29) is 11.8 Å².